The molecular weight excluding hydrogens is 532 g/mol. The predicted molar refractivity (Wildman–Crippen MR) is 139 cm³/mol. The molecule has 10 nitrogen and oxygen atoms in total. The molecule has 4 N–H and O–H groups in total. The normalized spacial score (nSPS) is 15.7. The molecule has 2 aliphatic heterocycles. The third-order valence-electron chi connectivity index (χ3n) is 6.39. The quantitative estimate of drug-likeness (QED) is 0.289. The van der Waals surface area contributed by atoms with Crippen molar-refractivity contribution in [2.24, 2.45) is 5.92 Å². The van der Waals surface area contributed by atoms with E-state index in [1.807, 2.05) is 12.1 Å². The summed E-state index contributed by atoms with van der Waals surface area (Å²) >= 11 is 5.19. The van der Waals surface area contributed by atoms with E-state index in [-0.39, 0.29) is 6.79 Å². The highest BCUT2D eigenvalue weighted by Gasteiger charge is 2.24. The summed E-state index contributed by atoms with van der Waals surface area (Å²) in [5.74, 6) is 2.97. The molecule has 1 saturated heterocycles. The molecule has 0 amide bonds. The van der Waals surface area contributed by atoms with Gasteiger partial charge in [-0.15, -0.1) is 0 Å². The van der Waals surface area contributed by atoms with Gasteiger partial charge in [0.15, 0.2) is 39.6 Å². The molecule has 0 atom stereocenters. The van der Waals surface area contributed by atoms with Crippen LogP contribution in [0.4, 0.5) is 5.82 Å². The number of nitrogen functional groups attached to an aromatic ring is 1. The number of halogens is 1. The van der Waals surface area contributed by atoms with Crippen molar-refractivity contribution in [3.63, 3.8) is 0 Å². The highest BCUT2D eigenvalue weighted by Crippen LogP contribution is 2.43. The molecule has 0 unspecified atom stereocenters. The highest BCUT2D eigenvalue weighted by molar-refractivity contribution is 9.10. The maximum absolute atomic E-state index is 8.23. The Kier molecular flexibility index (Phi) is 7.19. The van der Waals surface area contributed by atoms with Crippen LogP contribution in [0.5, 0.6) is 11.5 Å². The molecule has 1 fully saturated rings. The number of ether oxygens (including phenoxy) is 2. The molecule has 4 heterocycles. The first-order valence-corrected chi connectivity index (χ1v) is 13.5. The second-order valence-electron chi connectivity index (χ2n) is 8.71. The van der Waals surface area contributed by atoms with Gasteiger partial charge in [-0.25, -0.2) is 15.0 Å². The first kappa shape index (κ1) is 24.0. The topological polar surface area (TPSA) is 127 Å². The largest absolute Gasteiger partial charge is 0.454 e. The van der Waals surface area contributed by atoms with Gasteiger partial charge in [0.25, 0.3) is 0 Å². The van der Waals surface area contributed by atoms with Crippen LogP contribution in [0.15, 0.2) is 33.0 Å². The number of aryl methyl sites for hydroxylation is 1. The van der Waals surface area contributed by atoms with Crippen molar-refractivity contribution in [3.8, 4) is 11.5 Å². The minimum absolute atomic E-state index is 0.230. The molecule has 0 spiro atoms. The van der Waals surface area contributed by atoms with Crippen molar-refractivity contribution in [2.75, 3.05) is 32.2 Å². The van der Waals surface area contributed by atoms with Crippen molar-refractivity contribution in [3.05, 3.63) is 22.9 Å². The number of hydrogen-bond donors (Lipinski definition) is 3. The number of imidazole rings is 1. The average molecular weight is 562 g/mol. The molecule has 186 valence electrons. The summed E-state index contributed by atoms with van der Waals surface area (Å²) in [5.41, 5.74) is 7.51. The van der Waals surface area contributed by atoms with Crippen LogP contribution in [0.25, 0.3) is 11.2 Å². The third kappa shape index (κ3) is 5.13. The Morgan fingerprint density at radius 2 is 2.03 bits per heavy atom. The summed E-state index contributed by atoms with van der Waals surface area (Å²) in [4.78, 5) is 16.6. The van der Waals surface area contributed by atoms with Crippen molar-refractivity contribution in [1.29, 1.82) is 5.41 Å². The Labute approximate surface area is 216 Å². The number of anilines is 1. The van der Waals surface area contributed by atoms with E-state index in [1.165, 1.54) is 6.33 Å². The number of fused-ring (bicyclic) bond motifs is 2. The van der Waals surface area contributed by atoms with Gasteiger partial charge in [0.2, 0.25) is 6.79 Å². The summed E-state index contributed by atoms with van der Waals surface area (Å²) in [6.45, 7) is 5.79. The standard InChI is InChI=1S/C23H29BrN8O2S/c1-2-6-27-22(26)31-7-3-14(4-8-31)5-9-32-21-19(20(25)28-12-29-21)30-23(32)35-18-11-17-16(10-15(18)24)33-13-34-17/h10-12,14H,2-9,13H2,1H3,(H2,26,27)(H2,25,28,29). The van der Waals surface area contributed by atoms with Crippen molar-refractivity contribution in [2.45, 2.75) is 49.2 Å². The van der Waals surface area contributed by atoms with Gasteiger partial charge in [0.1, 0.15) is 6.33 Å². The van der Waals surface area contributed by atoms with Crippen molar-refractivity contribution >= 4 is 50.6 Å². The number of aromatic nitrogens is 4. The van der Waals surface area contributed by atoms with Crippen LogP contribution < -0.4 is 20.5 Å². The third-order valence-corrected chi connectivity index (χ3v) is 8.36. The van der Waals surface area contributed by atoms with Gasteiger partial charge in [0.05, 0.1) is 0 Å². The SMILES string of the molecule is CCCNC(=N)N1CCC(CCn2c(Sc3cc4c(cc3Br)OCO4)nc3c(N)ncnc32)CC1. The van der Waals surface area contributed by atoms with E-state index in [1.54, 1.807) is 11.8 Å². The average Bonchev–Trinajstić information content (AvgIpc) is 3.46. The molecule has 0 radical (unpaired) electrons. The van der Waals surface area contributed by atoms with E-state index in [0.717, 1.165) is 83.5 Å². The molecule has 2 aromatic heterocycles. The monoisotopic (exact) mass is 560 g/mol. The van der Waals surface area contributed by atoms with E-state index < -0.39 is 0 Å². The smallest absolute Gasteiger partial charge is 0.231 e. The second-order valence-corrected chi connectivity index (χ2v) is 10.6. The van der Waals surface area contributed by atoms with Crippen LogP contribution in [0, 0.1) is 11.3 Å². The Balaban J connectivity index is 1.32. The van der Waals surface area contributed by atoms with Crippen molar-refractivity contribution in [1.82, 2.24) is 29.7 Å². The van der Waals surface area contributed by atoms with Crippen LogP contribution >= 0.6 is 27.7 Å². The summed E-state index contributed by atoms with van der Waals surface area (Å²) in [7, 11) is 0. The predicted octanol–water partition coefficient (Wildman–Crippen LogP) is 4.09. The molecule has 5 rings (SSSR count). The zero-order valence-electron chi connectivity index (χ0n) is 19.6. The number of likely N-dealkylation sites (tertiary alicyclic amines) is 1. The Morgan fingerprint density at radius 1 is 1.26 bits per heavy atom. The van der Waals surface area contributed by atoms with E-state index in [9.17, 15) is 0 Å². The maximum atomic E-state index is 8.23. The zero-order chi connectivity index (χ0) is 24.4. The van der Waals surface area contributed by atoms with E-state index in [2.05, 4.69) is 47.6 Å². The van der Waals surface area contributed by atoms with Crippen LogP contribution in [-0.4, -0.2) is 56.8 Å². The number of rotatable bonds is 7. The van der Waals surface area contributed by atoms with Gasteiger partial charge in [0, 0.05) is 35.5 Å². The van der Waals surface area contributed by atoms with Gasteiger partial charge >= 0.3 is 0 Å². The molecule has 3 aromatic rings. The number of nitrogens with two attached hydrogens (primary N) is 1. The zero-order valence-corrected chi connectivity index (χ0v) is 22.0. The lowest BCUT2D eigenvalue weighted by molar-refractivity contribution is 0.174. The van der Waals surface area contributed by atoms with Crippen molar-refractivity contribution < 1.29 is 9.47 Å². The fraction of sp³-hybridized carbons (Fsp3) is 0.478. The first-order valence-electron chi connectivity index (χ1n) is 11.8. The lowest BCUT2D eigenvalue weighted by Gasteiger charge is -2.33. The minimum atomic E-state index is 0.230. The molecule has 0 aliphatic carbocycles. The summed E-state index contributed by atoms with van der Waals surface area (Å²) in [5, 5.41) is 12.2. The molecule has 0 saturated carbocycles. The Bertz CT molecular complexity index is 1230. The first-order chi connectivity index (χ1) is 17.0. The number of hydrogen-bond acceptors (Lipinski definition) is 8. The van der Waals surface area contributed by atoms with Gasteiger partial charge in [-0.05, 0) is 59.7 Å². The Morgan fingerprint density at radius 3 is 2.80 bits per heavy atom. The number of piperidine rings is 1. The summed E-state index contributed by atoms with van der Waals surface area (Å²) in [6.07, 6.45) is 5.66. The second kappa shape index (κ2) is 10.5. The van der Waals surface area contributed by atoms with E-state index >= 15 is 0 Å². The fourth-order valence-corrected chi connectivity index (χ4v) is 5.91. The van der Waals surface area contributed by atoms with Gasteiger partial charge < -0.3 is 30.0 Å². The lowest BCUT2D eigenvalue weighted by Crippen LogP contribution is -2.45. The maximum Gasteiger partial charge on any atom is 0.231 e. The number of guanidine groups is 1. The van der Waals surface area contributed by atoms with Crippen LogP contribution in [-0.2, 0) is 6.54 Å². The molecular formula is C23H29BrN8O2S. The van der Waals surface area contributed by atoms with Gasteiger partial charge in [-0.3, -0.25) is 5.41 Å². The highest BCUT2D eigenvalue weighted by atomic mass is 79.9. The van der Waals surface area contributed by atoms with Gasteiger partial charge in [-0.2, -0.15) is 0 Å². The molecule has 35 heavy (non-hydrogen) atoms. The molecule has 1 aromatic carbocycles. The van der Waals surface area contributed by atoms with Gasteiger partial charge in [-0.1, -0.05) is 18.7 Å². The van der Waals surface area contributed by atoms with E-state index in [4.69, 9.17) is 25.6 Å². The minimum Gasteiger partial charge on any atom is -0.454 e. The fourth-order valence-electron chi connectivity index (χ4n) is 4.40. The molecule has 12 heteroatoms. The summed E-state index contributed by atoms with van der Waals surface area (Å²) < 4.78 is 14.1. The van der Waals surface area contributed by atoms with Crippen LogP contribution in [0.3, 0.4) is 0 Å². The number of benzene rings is 1. The van der Waals surface area contributed by atoms with Crippen LogP contribution in [0.1, 0.15) is 32.6 Å². The molecule has 2 aliphatic rings. The number of nitrogens with zero attached hydrogens (tertiary/aromatic N) is 5. The lowest BCUT2D eigenvalue weighted by atomic mass is 9.93. The van der Waals surface area contributed by atoms with E-state index in [0.29, 0.717) is 23.2 Å². The van der Waals surface area contributed by atoms with Crippen LogP contribution in [0.2, 0.25) is 0 Å². The molecule has 0 bridgehead atoms. The Hall–Kier alpha value is -2.73. The summed E-state index contributed by atoms with van der Waals surface area (Å²) in [6, 6.07) is 3.89. The number of nitrogens with one attached hydrogen (secondary N) is 2.